The molecule has 0 fully saturated rings. The molecular weight excluding hydrogens is 396 g/mol. The van der Waals surface area contributed by atoms with Gasteiger partial charge in [-0.25, -0.2) is 18.5 Å². The van der Waals surface area contributed by atoms with E-state index in [2.05, 4.69) is 36.5 Å². The Morgan fingerprint density at radius 1 is 1.21 bits per heavy atom. The van der Waals surface area contributed by atoms with E-state index in [1.165, 1.54) is 6.07 Å². The summed E-state index contributed by atoms with van der Waals surface area (Å²) in [6, 6.07) is 6.31. The first-order valence-electron chi connectivity index (χ1n) is 7.27. The second-order valence-corrected chi connectivity index (χ2v) is 7.36. The van der Waals surface area contributed by atoms with E-state index >= 15 is 0 Å². The second-order valence-electron chi connectivity index (χ2n) is 4.98. The van der Waals surface area contributed by atoms with E-state index in [-0.39, 0.29) is 10.8 Å². The predicted molar refractivity (Wildman–Crippen MR) is 97.6 cm³/mol. The van der Waals surface area contributed by atoms with Crippen molar-refractivity contribution in [2.45, 2.75) is 17.7 Å². The molecule has 10 heteroatoms. The summed E-state index contributed by atoms with van der Waals surface area (Å²) in [5, 5.41) is 11.3. The highest BCUT2D eigenvalue weighted by Gasteiger charge is 2.14. The highest BCUT2D eigenvalue weighted by molar-refractivity contribution is 9.10. The zero-order valence-corrected chi connectivity index (χ0v) is 15.3. The first-order valence-corrected chi connectivity index (χ1v) is 9.61. The minimum atomic E-state index is -3.85. The number of nitrogens with two attached hydrogens (primary N) is 2. The first kappa shape index (κ1) is 18.6. The van der Waals surface area contributed by atoms with Crippen LogP contribution < -0.4 is 21.5 Å². The Hall–Kier alpha value is -1.75. The van der Waals surface area contributed by atoms with E-state index in [0.29, 0.717) is 22.5 Å². The van der Waals surface area contributed by atoms with Crippen LogP contribution in [0.1, 0.15) is 12.8 Å². The van der Waals surface area contributed by atoms with Crippen LogP contribution in [0.5, 0.6) is 0 Å². The zero-order valence-electron chi connectivity index (χ0n) is 12.9. The molecule has 1 aromatic heterocycles. The monoisotopic (exact) mass is 414 g/mol. The first-order chi connectivity index (χ1) is 11.4. The molecular formula is C14H19BrN6O2S. The van der Waals surface area contributed by atoms with Crippen molar-refractivity contribution in [1.82, 2.24) is 9.97 Å². The lowest BCUT2D eigenvalue weighted by Crippen LogP contribution is -2.14. The van der Waals surface area contributed by atoms with Gasteiger partial charge in [0, 0.05) is 12.7 Å². The van der Waals surface area contributed by atoms with E-state index in [1.807, 2.05) is 0 Å². The molecule has 0 amide bonds. The smallest absolute Gasteiger partial charge is 0.240 e. The maximum atomic E-state index is 11.6. The number of benzene rings is 1. The van der Waals surface area contributed by atoms with Crippen molar-refractivity contribution >= 4 is 43.4 Å². The Balaban J connectivity index is 2.19. The number of hydrogen-bond acceptors (Lipinski definition) is 7. The van der Waals surface area contributed by atoms with Gasteiger partial charge in [-0.2, -0.15) is 4.98 Å². The van der Waals surface area contributed by atoms with Gasteiger partial charge in [0.05, 0.1) is 10.2 Å². The number of primary sulfonamides is 1. The van der Waals surface area contributed by atoms with Gasteiger partial charge >= 0.3 is 0 Å². The lowest BCUT2D eigenvalue weighted by atomic mass is 10.3. The molecule has 0 aliphatic rings. The average Bonchev–Trinajstić information content (AvgIpc) is 2.54. The van der Waals surface area contributed by atoms with Crippen LogP contribution in [-0.4, -0.2) is 31.5 Å². The third-order valence-corrected chi connectivity index (χ3v) is 4.66. The van der Waals surface area contributed by atoms with Gasteiger partial charge in [0.15, 0.2) is 0 Å². The molecule has 2 aromatic rings. The normalized spacial score (nSPS) is 11.3. The molecule has 0 saturated heterocycles. The number of halogens is 1. The van der Waals surface area contributed by atoms with Crippen LogP contribution in [0.4, 0.5) is 17.5 Å². The number of para-hydroxylation sites is 1. The zero-order chi connectivity index (χ0) is 17.6. The number of unbranched alkanes of at least 4 members (excludes halogenated alkanes) is 1. The number of nitrogens with zero attached hydrogens (tertiary/aromatic N) is 2. The second kappa shape index (κ2) is 8.38. The molecule has 0 atom stereocenters. The maximum absolute atomic E-state index is 11.6. The van der Waals surface area contributed by atoms with Crippen molar-refractivity contribution in [1.29, 1.82) is 0 Å². The third kappa shape index (κ3) is 5.13. The van der Waals surface area contributed by atoms with Crippen LogP contribution >= 0.6 is 15.9 Å². The number of hydrogen-bond donors (Lipinski definition) is 4. The Morgan fingerprint density at radius 3 is 2.67 bits per heavy atom. The van der Waals surface area contributed by atoms with E-state index in [0.717, 1.165) is 19.4 Å². The summed E-state index contributed by atoms with van der Waals surface area (Å²) in [6.45, 7) is 1.36. The van der Waals surface area contributed by atoms with Gasteiger partial charge in [0.1, 0.15) is 10.7 Å². The van der Waals surface area contributed by atoms with Crippen molar-refractivity contribution in [2.24, 2.45) is 10.9 Å². The highest BCUT2D eigenvalue weighted by atomic mass is 79.9. The van der Waals surface area contributed by atoms with E-state index in [9.17, 15) is 8.42 Å². The molecule has 2 rings (SSSR count). The number of aromatic nitrogens is 2. The molecule has 1 aromatic carbocycles. The van der Waals surface area contributed by atoms with Gasteiger partial charge < -0.3 is 16.4 Å². The largest absolute Gasteiger partial charge is 0.369 e. The minimum absolute atomic E-state index is 0.0195. The standard InChI is InChI=1S/C14H19BrN6O2S/c15-10-9-19-14(21-13(10)18-8-4-3-7-16)20-11-5-1-2-6-12(11)24(17,22)23/h1-2,5-6,9H,3-4,7-8,16H2,(H2,17,22,23)(H2,18,19,20,21). The van der Waals surface area contributed by atoms with Crippen LogP contribution in [0.15, 0.2) is 39.8 Å². The molecule has 0 aliphatic carbocycles. The molecule has 8 nitrogen and oxygen atoms in total. The Kier molecular flexibility index (Phi) is 6.49. The van der Waals surface area contributed by atoms with Crippen molar-refractivity contribution in [3.05, 3.63) is 34.9 Å². The van der Waals surface area contributed by atoms with E-state index in [1.54, 1.807) is 24.4 Å². The summed E-state index contributed by atoms with van der Waals surface area (Å²) in [4.78, 5) is 8.46. The number of rotatable bonds is 8. The van der Waals surface area contributed by atoms with Crippen molar-refractivity contribution in [3.8, 4) is 0 Å². The molecule has 6 N–H and O–H groups in total. The Morgan fingerprint density at radius 2 is 1.96 bits per heavy atom. The summed E-state index contributed by atoms with van der Waals surface area (Å²) in [7, 11) is -3.85. The van der Waals surface area contributed by atoms with Crippen LogP contribution in [0.3, 0.4) is 0 Å². The van der Waals surface area contributed by atoms with Gasteiger partial charge in [-0.15, -0.1) is 0 Å². The van der Waals surface area contributed by atoms with Crippen LogP contribution in [0.25, 0.3) is 0 Å². The average molecular weight is 415 g/mol. The Labute approximate surface area is 149 Å². The lowest BCUT2D eigenvalue weighted by molar-refractivity contribution is 0.598. The number of nitrogens with one attached hydrogen (secondary N) is 2. The summed E-state index contributed by atoms with van der Waals surface area (Å²) in [6.07, 6.45) is 3.42. The van der Waals surface area contributed by atoms with Gasteiger partial charge in [-0.1, -0.05) is 12.1 Å². The van der Waals surface area contributed by atoms with Crippen molar-refractivity contribution in [3.63, 3.8) is 0 Å². The van der Waals surface area contributed by atoms with Crippen molar-refractivity contribution < 1.29 is 8.42 Å². The summed E-state index contributed by atoms with van der Waals surface area (Å²) >= 11 is 3.38. The molecule has 0 bridgehead atoms. The third-order valence-electron chi connectivity index (χ3n) is 3.11. The Bertz CT molecular complexity index is 800. The molecule has 0 unspecified atom stereocenters. The molecule has 130 valence electrons. The van der Waals surface area contributed by atoms with Crippen LogP contribution in [0.2, 0.25) is 0 Å². The maximum Gasteiger partial charge on any atom is 0.240 e. The van der Waals surface area contributed by atoms with Crippen molar-refractivity contribution in [2.75, 3.05) is 23.7 Å². The van der Waals surface area contributed by atoms with Crippen LogP contribution in [0, 0.1) is 0 Å². The summed E-state index contributed by atoms with van der Waals surface area (Å²) < 4.78 is 24.0. The minimum Gasteiger partial charge on any atom is -0.369 e. The molecule has 0 saturated carbocycles. The van der Waals surface area contributed by atoms with Gasteiger partial charge in [0.2, 0.25) is 16.0 Å². The summed E-state index contributed by atoms with van der Waals surface area (Å²) in [5.74, 6) is 0.869. The van der Waals surface area contributed by atoms with Gasteiger partial charge in [-0.3, -0.25) is 0 Å². The van der Waals surface area contributed by atoms with E-state index in [4.69, 9.17) is 10.9 Å². The molecule has 24 heavy (non-hydrogen) atoms. The molecule has 1 heterocycles. The fourth-order valence-corrected chi connectivity index (χ4v) is 2.99. The van der Waals surface area contributed by atoms with Gasteiger partial charge in [0.25, 0.3) is 0 Å². The lowest BCUT2D eigenvalue weighted by Gasteiger charge is -2.12. The molecule has 0 spiro atoms. The summed E-state index contributed by atoms with van der Waals surface area (Å²) in [5.41, 5.74) is 5.78. The molecule has 0 radical (unpaired) electrons. The fourth-order valence-electron chi connectivity index (χ4n) is 1.97. The van der Waals surface area contributed by atoms with Gasteiger partial charge in [-0.05, 0) is 47.4 Å². The number of anilines is 3. The highest BCUT2D eigenvalue weighted by Crippen LogP contribution is 2.25. The SMILES string of the molecule is NCCCCNc1nc(Nc2ccccc2S(N)(=O)=O)ncc1Br. The fraction of sp³-hybridized carbons (Fsp3) is 0.286. The topological polar surface area (TPSA) is 136 Å². The molecule has 0 aliphatic heterocycles. The quantitative estimate of drug-likeness (QED) is 0.483. The van der Waals surface area contributed by atoms with Crippen LogP contribution in [-0.2, 0) is 10.0 Å². The van der Waals surface area contributed by atoms with E-state index < -0.39 is 10.0 Å². The predicted octanol–water partition coefficient (Wildman–Crippen LogP) is 1.78. The number of sulfonamides is 1.